The smallest absolute Gasteiger partial charge is 0.422 e. The summed E-state index contributed by atoms with van der Waals surface area (Å²) in [5.74, 6) is -2.00. The number of carbonyl (C=O) groups is 2. The number of fused-ring (bicyclic) bond motifs is 1. The SMILES string of the molecule is CC(c1cnc(OCC(F)(F)F)c(F)c1)N1Cc2c(ccnc2NC(=O)C2CC2)C1=O. The first-order valence-corrected chi connectivity index (χ1v) is 9.58. The third kappa shape index (κ3) is 4.44. The number of halogens is 4. The van der Waals surface area contributed by atoms with Gasteiger partial charge in [0.1, 0.15) is 5.82 Å². The Morgan fingerprint density at radius 2 is 2.10 bits per heavy atom. The minimum atomic E-state index is -4.62. The van der Waals surface area contributed by atoms with E-state index < -0.39 is 30.5 Å². The van der Waals surface area contributed by atoms with E-state index >= 15 is 0 Å². The van der Waals surface area contributed by atoms with Crippen LogP contribution in [-0.2, 0) is 11.3 Å². The predicted octanol–water partition coefficient (Wildman–Crippen LogP) is 3.62. The molecule has 2 aliphatic rings. The summed E-state index contributed by atoms with van der Waals surface area (Å²) >= 11 is 0. The molecule has 0 bridgehead atoms. The number of amides is 2. The van der Waals surface area contributed by atoms with Gasteiger partial charge in [0.25, 0.3) is 11.8 Å². The topological polar surface area (TPSA) is 84.4 Å². The zero-order chi connectivity index (χ0) is 22.3. The van der Waals surface area contributed by atoms with Gasteiger partial charge >= 0.3 is 6.18 Å². The molecule has 0 radical (unpaired) electrons. The number of ether oxygens (including phenoxy) is 1. The van der Waals surface area contributed by atoms with Gasteiger partial charge < -0.3 is 15.0 Å². The highest BCUT2D eigenvalue weighted by atomic mass is 19.4. The molecule has 1 unspecified atom stereocenters. The molecule has 2 aromatic rings. The molecule has 7 nitrogen and oxygen atoms in total. The van der Waals surface area contributed by atoms with Gasteiger partial charge in [-0.2, -0.15) is 13.2 Å². The van der Waals surface area contributed by atoms with Crippen LogP contribution in [0.1, 0.15) is 47.3 Å². The van der Waals surface area contributed by atoms with Crippen molar-refractivity contribution in [3.8, 4) is 5.88 Å². The molecule has 1 fully saturated rings. The molecular weight excluding hydrogens is 420 g/mol. The van der Waals surface area contributed by atoms with Crippen LogP contribution in [0.4, 0.5) is 23.4 Å². The minimum Gasteiger partial charge on any atom is -0.466 e. The van der Waals surface area contributed by atoms with Crippen LogP contribution in [0.5, 0.6) is 5.88 Å². The number of nitrogens with one attached hydrogen (secondary N) is 1. The fraction of sp³-hybridized carbons (Fsp3) is 0.400. The summed E-state index contributed by atoms with van der Waals surface area (Å²) in [7, 11) is 0. The molecule has 0 spiro atoms. The molecule has 1 atom stereocenters. The van der Waals surface area contributed by atoms with E-state index in [2.05, 4.69) is 20.0 Å². The van der Waals surface area contributed by atoms with Crippen LogP contribution >= 0.6 is 0 Å². The maximum absolute atomic E-state index is 14.2. The minimum absolute atomic E-state index is 0.0306. The summed E-state index contributed by atoms with van der Waals surface area (Å²) in [6.07, 6.45) is -0.367. The Bertz CT molecular complexity index is 1040. The number of carbonyl (C=O) groups excluding carboxylic acids is 2. The predicted molar refractivity (Wildman–Crippen MR) is 99.6 cm³/mol. The summed E-state index contributed by atoms with van der Waals surface area (Å²) < 4.78 is 55.4. The lowest BCUT2D eigenvalue weighted by Gasteiger charge is -2.24. The Kier molecular flexibility index (Phi) is 5.28. The highest BCUT2D eigenvalue weighted by molar-refractivity contribution is 6.02. The van der Waals surface area contributed by atoms with Crippen molar-refractivity contribution >= 4 is 17.6 Å². The lowest BCUT2D eigenvalue weighted by Crippen LogP contribution is -2.27. The average Bonchev–Trinajstić information content (AvgIpc) is 3.50. The van der Waals surface area contributed by atoms with E-state index in [4.69, 9.17) is 0 Å². The first-order valence-electron chi connectivity index (χ1n) is 9.58. The second-order valence-corrected chi connectivity index (χ2v) is 7.52. The third-order valence-corrected chi connectivity index (χ3v) is 5.22. The van der Waals surface area contributed by atoms with E-state index in [1.54, 1.807) is 13.0 Å². The molecule has 2 aromatic heterocycles. The number of aromatic nitrogens is 2. The van der Waals surface area contributed by atoms with Gasteiger partial charge in [-0.25, -0.2) is 14.4 Å². The number of nitrogens with zero attached hydrogens (tertiary/aromatic N) is 3. The first kappa shape index (κ1) is 21.0. The van der Waals surface area contributed by atoms with Gasteiger partial charge in [-0.3, -0.25) is 9.59 Å². The molecular formula is C20H18F4N4O3. The Labute approximate surface area is 174 Å². The van der Waals surface area contributed by atoms with E-state index in [9.17, 15) is 27.2 Å². The lowest BCUT2D eigenvalue weighted by atomic mass is 10.1. The van der Waals surface area contributed by atoms with Crippen LogP contribution in [0.2, 0.25) is 0 Å². The molecule has 1 aliphatic heterocycles. The molecule has 1 N–H and O–H groups in total. The van der Waals surface area contributed by atoms with Gasteiger partial charge in [0.2, 0.25) is 5.91 Å². The number of alkyl halides is 3. The Morgan fingerprint density at radius 1 is 1.35 bits per heavy atom. The fourth-order valence-electron chi connectivity index (χ4n) is 3.34. The van der Waals surface area contributed by atoms with Crippen LogP contribution in [0.25, 0.3) is 0 Å². The van der Waals surface area contributed by atoms with E-state index in [0.29, 0.717) is 16.9 Å². The van der Waals surface area contributed by atoms with Crippen molar-refractivity contribution in [1.29, 1.82) is 0 Å². The van der Waals surface area contributed by atoms with Crippen LogP contribution < -0.4 is 10.1 Å². The van der Waals surface area contributed by atoms with Gasteiger partial charge in [0.05, 0.1) is 12.6 Å². The Balaban J connectivity index is 1.51. The van der Waals surface area contributed by atoms with Gasteiger partial charge in [0.15, 0.2) is 12.4 Å². The van der Waals surface area contributed by atoms with E-state index in [1.807, 2.05) is 0 Å². The zero-order valence-corrected chi connectivity index (χ0v) is 16.4. The summed E-state index contributed by atoms with van der Waals surface area (Å²) in [6, 6.07) is 1.91. The van der Waals surface area contributed by atoms with E-state index in [0.717, 1.165) is 18.9 Å². The molecule has 2 amide bonds. The van der Waals surface area contributed by atoms with Crippen molar-refractivity contribution in [3.05, 3.63) is 47.0 Å². The monoisotopic (exact) mass is 438 g/mol. The second kappa shape index (κ2) is 7.78. The van der Waals surface area contributed by atoms with Crippen LogP contribution in [0.15, 0.2) is 24.5 Å². The van der Waals surface area contributed by atoms with Crippen LogP contribution in [-0.4, -0.2) is 39.5 Å². The fourth-order valence-corrected chi connectivity index (χ4v) is 3.34. The zero-order valence-electron chi connectivity index (χ0n) is 16.4. The van der Waals surface area contributed by atoms with E-state index in [-0.39, 0.29) is 29.8 Å². The van der Waals surface area contributed by atoms with Crippen molar-refractivity contribution < 1.29 is 31.9 Å². The summed E-state index contributed by atoms with van der Waals surface area (Å²) in [4.78, 5) is 34.2. The van der Waals surface area contributed by atoms with Crippen LogP contribution in [0, 0.1) is 11.7 Å². The van der Waals surface area contributed by atoms with Crippen molar-refractivity contribution in [2.75, 3.05) is 11.9 Å². The number of hydrogen-bond donors (Lipinski definition) is 1. The molecule has 164 valence electrons. The van der Waals surface area contributed by atoms with Crippen molar-refractivity contribution in [3.63, 3.8) is 0 Å². The highest BCUT2D eigenvalue weighted by Gasteiger charge is 2.36. The quantitative estimate of drug-likeness (QED) is 0.697. The maximum Gasteiger partial charge on any atom is 0.422 e. The largest absolute Gasteiger partial charge is 0.466 e. The second-order valence-electron chi connectivity index (χ2n) is 7.52. The molecule has 1 saturated carbocycles. The normalized spacial score (nSPS) is 16.8. The number of anilines is 1. The highest BCUT2D eigenvalue weighted by Crippen LogP contribution is 2.36. The van der Waals surface area contributed by atoms with Gasteiger partial charge in [-0.15, -0.1) is 0 Å². The van der Waals surface area contributed by atoms with Gasteiger partial charge in [-0.1, -0.05) is 0 Å². The van der Waals surface area contributed by atoms with Gasteiger partial charge in [0, 0.05) is 29.4 Å². The van der Waals surface area contributed by atoms with Gasteiger partial charge in [-0.05, 0) is 37.5 Å². The standard InChI is InChI=1S/C20H18F4N4O3/c1-10(12-6-15(21)18(26-7-12)31-9-20(22,23)24)28-8-14-13(19(28)30)4-5-25-16(14)27-17(29)11-2-3-11/h4-7,10-11H,2-3,8-9H2,1H3,(H,25,27,29). The number of rotatable bonds is 6. The average molecular weight is 438 g/mol. The molecule has 0 aromatic carbocycles. The van der Waals surface area contributed by atoms with Crippen molar-refractivity contribution in [2.24, 2.45) is 5.92 Å². The molecule has 0 saturated heterocycles. The molecule has 1 aliphatic carbocycles. The Hall–Kier alpha value is -3.24. The lowest BCUT2D eigenvalue weighted by molar-refractivity contribution is -0.154. The molecule has 11 heteroatoms. The number of pyridine rings is 2. The van der Waals surface area contributed by atoms with E-state index in [1.165, 1.54) is 17.3 Å². The van der Waals surface area contributed by atoms with Crippen molar-refractivity contribution in [1.82, 2.24) is 14.9 Å². The molecule has 3 heterocycles. The summed E-state index contributed by atoms with van der Waals surface area (Å²) in [6.45, 7) is 0.123. The Morgan fingerprint density at radius 3 is 2.74 bits per heavy atom. The summed E-state index contributed by atoms with van der Waals surface area (Å²) in [5.41, 5.74) is 1.23. The van der Waals surface area contributed by atoms with Crippen LogP contribution in [0.3, 0.4) is 0 Å². The molecule has 4 rings (SSSR count). The maximum atomic E-state index is 14.2. The summed E-state index contributed by atoms with van der Waals surface area (Å²) in [5, 5.41) is 2.76. The number of hydrogen-bond acceptors (Lipinski definition) is 5. The molecule has 31 heavy (non-hydrogen) atoms. The third-order valence-electron chi connectivity index (χ3n) is 5.22. The first-order chi connectivity index (χ1) is 14.6. The van der Waals surface area contributed by atoms with Crippen molar-refractivity contribution in [2.45, 2.75) is 38.5 Å².